The third kappa shape index (κ3) is 5.66. The molecule has 0 saturated heterocycles. The van der Waals surface area contributed by atoms with E-state index in [1.54, 1.807) is 24.3 Å². The van der Waals surface area contributed by atoms with Gasteiger partial charge in [0.25, 0.3) is 0 Å². The molecule has 138 valence electrons. The predicted molar refractivity (Wildman–Crippen MR) is 102 cm³/mol. The lowest BCUT2D eigenvalue weighted by Crippen LogP contribution is -2.34. The van der Waals surface area contributed by atoms with E-state index < -0.39 is 11.8 Å². The number of nitrogens with one attached hydrogen (secondary N) is 3. The van der Waals surface area contributed by atoms with Crippen molar-refractivity contribution in [3.8, 4) is 0 Å². The number of amides is 3. The van der Waals surface area contributed by atoms with Crippen LogP contribution in [0.1, 0.15) is 35.3 Å². The molecule has 3 N–H and O–H groups in total. The summed E-state index contributed by atoms with van der Waals surface area (Å²) in [6.07, 6.45) is 1.18. The highest BCUT2D eigenvalue weighted by molar-refractivity contribution is 7.11. The Morgan fingerprint density at radius 2 is 1.77 bits per heavy atom. The summed E-state index contributed by atoms with van der Waals surface area (Å²) < 4.78 is 0. The number of thiazole rings is 1. The zero-order chi connectivity index (χ0) is 19.1. The molecular weight excluding hydrogens is 352 g/mol. The lowest BCUT2D eigenvalue weighted by Gasteiger charge is -2.09. The molecule has 0 aliphatic carbocycles. The number of aromatic nitrogens is 1. The van der Waals surface area contributed by atoms with E-state index in [-0.39, 0.29) is 12.5 Å². The summed E-state index contributed by atoms with van der Waals surface area (Å²) in [4.78, 5) is 40.9. The molecule has 1 aromatic heterocycles. The van der Waals surface area contributed by atoms with Crippen molar-refractivity contribution in [2.45, 2.75) is 40.2 Å². The summed E-state index contributed by atoms with van der Waals surface area (Å²) in [5.74, 6) is -1.58. The molecule has 0 fully saturated rings. The average molecular weight is 374 g/mol. The number of carbonyl (C=O) groups excluding carboxylic acids is 3. The minimum Gasteiger partial charge on any atom is -0.343 e. The highest BCUT2D eigenvalue weighted by atomic mass is 32.1. The Hall–Kier alpha value is -2.74. The molecule has 0 aliphatic rings. The van der Waals surface area contributed by atoms with Crippen LogP contribution in [-0.4, -0.2) is 22.7 Å². The summed E-state index contributed by atoms with van der Waals surface area (Å²) in [7, 11) is 0. The fraction of sp³-hybridized carbons (Fsp3) is 0.333. The van der Waals surface area contributed by atoms with Gasteiger partial charge in [0, 0.05) is 22.7 Å². The molecule has 0 bridgehead atoms. The zero-order valence-electron chi connectivity index (χ0n) is 15.0. The van der Waals surface area contributed by atoms with Gasteiger partial charge in [0.15, 0.2) is 0 Å². The molecule has 3 amide bonds. The highest BCUT2D eigenvalue weighted by Gasteiger charge is 2.15. The van der Waals surface area contributed by atoms with Crippen LogP contribution < -0.4 is 16.0 Å². The van der Waals surface area contributed by atoms with Gasteiger partial charge in [0.05, 0.1) is 17.2 Å². The van der Waals surface area contributed by atoms with Gasteiger partial charge in [-0.05, 0) is 38.5 Å². The van der Waals surface area contributed by atoms with Crippen LogP contribution in [0.3, 0.4) is 0 Å². The first-order chi connectivity index (χ1) is 12.4. The minimum atomic E-state index is -0.763. The Kier molecular flexibility index (Phi) is 6.85. The van der Waals surface area contributed by atoms with Crippen molar-refractivity contribution in [3.63, 3.8) is 0 Å². The van der Waals surface area contributed by atoms with E-state index >= 15 is 0 Å². The first kappa shape index (κ1) is 19.6. The smallest absolute Gasteiger partial charge is 0.313 e. The fourth-order valence-corrected chi connectivity index (χ4v) is 3.17. The summed E-state index contributed by atoms with van der Waals surface area (Å²) in [6.45, 7) is 5.94. The monoisotopic (exact) mass is 374 g/mol. The van der Waals surface area contributed by atoms with Crippen LogP contribution in [0.4, 0.5) is 11.4 Å². The predicted octanol–water partition coefficient (Wildman–Crippen LogP) is 2.75. The molecule has 0 radical (unpaired) electrons. The van der Waals surface area contributed by atoms with Crippen LogP contribution in [0.2, 0.25) is 0 Å². The topological polar surface area (TPSA) is 100 Å². The molecule has 0 unspecified atom stereocenters. The minimum absolute atomic E-state index is 0.0936. The zero-order valence-corrected chi connectivity index (χ0v) is 15.8. The third-order valence-corrected chi connectivity index (χ3v) is 4.57. The molecule has 0 spiro atoms. The van der Waals surface area contributed by atoms with E-state index in [2.05, 4.69) is 20.9 Å². The molecule has 0 aliphatic heterocycles. The molecule has 2 aromatic rings. The highest BCUT2D eigenvalue weighted by Crippen LogP contribution is 2.17. The van der Waals surface area contributed by atoms with Gasteiger partial charge in [-0.25, -0.2) is 4.98 Å². The van der Waals surface area contributed by atoms with Gasteiger partial charge >= 0.3 is 11.8 Å². The van der Waals surface area contributed by atoms with Crippen LogP contribution in [0.5, 0.6) is 0 Å². The van der Waals surface area contributed by atoms with Crippen molar-refractivity contribution in [1.82, 2.24) is 10.3 Å². The van der Waals surface area contributed by atoms with E-state index in [1.807, 2.05) is 20.8 Å². The number of hydrogen-bond donors (Lipinski definition) is 3. The second-order valence-corrected chi connectivity index (χ2v) is 7.04. The van der Waals surface area contributed by atoms with Crippen molar-refractivity contribution in [1.29, 1.82) is 0 Å². The number of aryl methyl sites for hydroxylation is 2. The molecular formula is C18H22N4O3S. The van der Waals surface area contributed by atoms with Crippen LogP contribution in [0.15, 0.2) is 24.3 Å². The largest absolute Gasteiger partial charge is 0.343 e. The van der Waals surface area contributed by atoms with Crippen molar-refractivity contribution >= 4 is 40.4 Å². The number of benzene rings is 1. The van der Waals surface area contributed by atoms with Gasteiger partial charge in [-0.3, -0.25) is 14.4 Å². The molecule has 2 rings (SSSR count). The van der Waals surface area contributed by atoms with Crippen LogP contribution >= 0.6 is 11.3 Å². The number of nitrogens with zero attached hydrogens (tertiary/aromatic N) is 1. The second kappa shape index (κ2) is 9.10. The summed E-state index contributed by atoms with van der Waals surface area (Å²) in [5, 5.41) is 8.77. The van der Waals surface area contributed by atoms with Gasteiger partial charge in [0.2, 0.25) is 5.91 Å². The average Bonchev–Trinajstić information content (AvgIpc) is 2.90. The Balaban J connectivity index is 1.91. The van der Waals surface area contributed by atoms with Crippen molar-refractivity contribution < 1.29 is 14.4 Å². The summed E-state index contributed by atoms with van der Waals surface area (Å²) >= 11 is 1.49. The van der Waals surface area contributed by atoms with Crippen LogP contribution in [-0.2, 0) is 20.9 Å². The normalized spacial score (nSPS) is 10.3. The van der Waals surface area contributed by atoms with Crippen LogP contribution in [0.25, 0.3) is 0 Å². The Morgan fingerprint density at radius 3 is 2.38 bits per heavy atom. The molecule has 0 atom stereocenters. The lowest BCUT2D eigenvalue weighted by atomic mass is 10.2. The van der Waals surface area contributed by atoms with E-state index in [0.29, 0.717) is 17.8 Å². The molecule has 26 heavy (non-hydrogen) atoms. The SMILES string of the molecule is CCCC(=O)Nc1cccc(NC(=O)C(=O)NCc2sc(C)nc2C)c1. The second-order valence-electron chi connectivity index (χ2n) is 5.76. The van der Waals surface area contributed by atoms with Gasteiger partial charge in [-0.15, -0.1) is 11.3 Å². The summed E-state index contributed by atoms with van der Waals surface area (Å²) in [5.41, 5.74) is 1.85. The molecule has 1 heterocycles. The van der Waals surface area contributed by atoms with Crippen molar-refractivity contribution in [2.75, 3.05) is 10.6 Å². The van der Waals surface area contributed by atoms with Crippen molar-refractivity contribution in [2.24, 2.45) is 0 Å². The Bertz CT molecular complexity index is 817. The van der Waals surface area contributed by atoms with E-state index in [9.17, 15) is 14.4 Å². The van der Waals surface area contributed by atoms with Gasteiger partial charge in [-0.2, -0.15) is 0 Å². The first-order valence-corrected chi connectivity index (χ1v) is 9.12. The van der Waals surface area contributed by atoms with E-state index in [1.165, 1.54) is 11.3 Å². The lowest BCUT2D eigenvalue weighted by molar-refractivity contribution is -0.136. The molecule has 0 saturated carbocycles. The molecule has 7 nitrogen and oxygen atoms in total. The number of rotatable bonds is 6. The fourth-order valence-electron chi connectivity index (χ4n) is 2.29. The van der Waals surface area contributed by atoms with Gasteiger partial charge < -0.3 is 16.0 Å². The van der Waals surface area contributed by atoms with Crippen LogP contribution in [0, 0.1) is 13.8 Å². The van der Waals surface area contributed by atoms with E-state index in [0.717, 1.165) is 22.0 Å². The maximum Gasteiger partial charge on any atom is 0.313 e. The van der Waals surface area contributed by atoms with Gasteiger partial charge in [-0.1, -0.05) is 13.0 Å². The summed E-state index contributed by atoms with van der Waals surface area (Å²) in [6, 6.07) is 6.67. The Labute approximate surface area is 156 Å². The number of carbonyl (C=O) groups is 3. The standard InChI is InChI=1S/C18H22N4O3S/c1-4-6-16(23)21-13-7-5-8-14(9-13)22-18(25)17(24)19-10-15-11(2)20-12(3)26-15/h5,7-9H,4,6,10H2,1-3H3,(H,19,24)(H,21,23)(H,22,25). The maximum atomic E-state index is 12.0. The van der Waals surface area contributed by atoms with Gasteiger partial charge in [0.1, 0.15) is 0 Å². The third-order valence-electron chi connectivity index (χ3n) is 3.50. The molecule has 8 heteroatoms. The number of hydrogen-bond acceptors (Lipinski definition) is 5. The van der Waals surface area contributed by atoms with E-state index in [4.69, 9.17) is 0 Å². The van der Waals surface area contributed by atoms with Crippen molar-refractivity contribution in [3.05, 3.63) is 39.8 Å². The number of anilines is 2. The maximum absolute atomic E-state index is 12.0. The quantitative estimate of drug-likeness (QED) is 0.677. The molecule has 1 aromatic carbocycles. The first-order valence-electron chi connectivity index (χ1n) is 8.31. The Morgan fingerprint density at radius 1 is 1.08 bits per heavy atom.